The zero-order valence-corrected chi connectivity index (χ0v) is 19.1. The summed E-state index contributed by atoms with van der Waals surface area (Å²) in [6, 6.07) is 19.0. The molecule has 3 nitrogen and oxygen atoms in total. The van der Waals surface area contributed by atoms with Crippen molar-refractivity contribution in [2.75, 3.05) is 26.2 Å². The number of aliphatic hydroxyl groups is 1. The number of hydrogen-bond donors (Lipinski definition) is 1. The average molecular weight is 447 g/mol. The number of nitrogens with zero attached hydrogens (tertiary/aromatic N) is 2. The minimum atomic E-state index is -0.484. The summed E-state index contributed by atoms with van der Waals surface area (Å²) in [7, 11) is 0. The topological polar surface area (TPSA) is 26.7 Å². The molecule has 0 heterocycles. The molecule has 0 saturated carbocycles. The molecule has 28 heavy (non-hydrogen) atoms. The van der Waals surface area contributed by atoms with Crippen LogP contribution in [0.25, 0.3) is 0 Å². The summed E-state index contributed by atoms with van der Waals surface area (Å²) < 4.78 is 1.04. The van der Waals surface area contributed by atoms with Crippen molar-refractivity contribution in [3.05, 3.63) is 70.2 Å². The lowest BCUT2D eigenvalue weighted by Crippen LogP contribution is -2.36. The minimum absolute atomic E-state index is 0.417. The van der Waals surface area contributed by atoms with Crippen molar-refractivity contribution < 1.29 is 5.11 Å². The second-order valence-electron chi connectivity index (χ2n) is 7.50. The van der Waals surface area contributed by atoms with E-state index in [9.17, 15) is 5.11 Å². The third-order valence-electron chi connectivity index (χ3n) is 5.50. The molecule has 2 aromatic carbocycles. The molecule has 0 fully saturated rings. The molecular weight excluding hydrogens is 412 g/mol. The van der Waals surface area contributed by atoms with Gasteiger partial charge in [0.2, 0.25) is 0 Å². The van der Waals surface area contributed by atoms with E-state index in [1.807, 2.05) is 24.3 Å². The molecule has 4 heteroatoms. The van der Waals surface area contributed by atoms with E-state index in [-0.39, 0.29) is 0 Å². The highest BCUT2D eigenvalue weighted by molar-refractivity contribution is 9.10. The summed E-state index contributed by atoms with van der Waals surface area (Å²) in [5.74, 6) is 0. The van der Waals surface area contributed by atoms with Crippen LogP contribution in [0.2, 0.25) is 0 Å². The first-order chi connectivity index (χ1) is 13.5. The van der Waals surface area contributed by atoms with Crippen LogP contribution >= 0.6 is 15.9 Å². The fraction of sp³-hybridized carbons (Fsp3) is 0.500. The van der Waals surface area contributed by atoms with Crippen LogP contribution in [-0.4, -0.2) is 47.1 Å². The van der Waals surface area contributed by atoms with E-state index in [4.69, 9.17) is 0 Å². The third kappa shape index (κ3) is 7.67. The van der Waals surface area contributed by atoms with Gasteiger partial charge in [-0.25, -0.2) is 0 Å². The molecule has 0 amide bonds. The monoisotopic (exact) mass is 446 g/mol. The Morgan fingerprint density at radius 2 is 1.61 bits per heavy atom. The summed E-state index contributed by atoms with van der Waals surface area (Å²) in [5.41, 5.74) is 2.26. The van der Waals surface area contributed by atoms with Crippen LogP contribution in [0.15, 0.2) is 59.1 Å². The Hall–Kier alpha value is -1.20. The van der Waals surface area contributed by atoms with Crippen LogP contribution in [-0.2, 0) is 6.54 Å². The van der Waals surface area contributed by atoms with E-state index in [1.165, 1.54) is 12.0 Å². The van der Waals surface area contributed by atoms with Crippen LogP contribution in [0.4, 0.5) is 0 Å². The zero-order chi connectivity index (χ0) is 20.4. The zero-order valence-electron chi connectivity index (χ0n) is 17.5. The van der Waals surface area contributed by atoms with Crippen LogP contribution in [0, 0.1) is 0 Å². The van der Waals surface area contributed by atoms with Gasteiger partial charge in [0, 0.05) is 23.6 Å². The van der Waals surface area contributed by atoms with E-state index in [0.29, 0.717) is 12.6 Å². The maximum Gasteiger partial charge on any atom is 0.0917 e. The standard InChI is InChI=1S/C24H35BrN2O/c1-4-26(5-2)17-9-10-20(3)27(18-21-11-7-6-8-12-21)19-24(28)22-13-15-23(25)16-14-22/h6-8,11-16,20,24,28H,4-5,9-10,17-19H2,1-3H3/t20-,24-/m0/s1. The molecule has 0 bridgehead atoms. The largest absolute Gasteiger partial charge is 0.387 e. The molecule has 2 aromatic rings. The fourth-order valence-corrected chi connectivity index (χ4v) is 3.83. The molecule has 0 unspecified atom stereocenters. The normalized spacial score (nSPS) is 13.8. The number of aliphatic hydroxyl groups excluding tert-OH is 1. The smallest absolute Gasteiger partial charge is 0.0917 e. The van der Waals surface area contributed by atoms with Gasteiger partial charge < -0.3 is 10.0 Å². The Labute approximate surface area is 179 Å². The van der Waals surface area contributed by atoms with Gasteiger partial charge in [-0.15, -0.1) is 0 Å². The highest BCUT2D eigenvalue weighted by Crippen LogP contribution is 2.21. The molecule has 0 aliphatic rings. The van der Waals surface area contributed by atoms with Gasteiger partial charge in [-0.2, -0.15) is 0 Å². The van der Waals surface area contributed by atoms with Crippen molar-refractivity contribution >= 4 is 15.9 Å². The number of rotatable bonds is 12. The summed E-state index contributed by atoms with van der Waals surface area (Å²) >= 11 is 3.47. The van der Waals surface area contributed by atoms with E-state index in [1.54, 1.807) is 0 Å². The van der Waals surface area contributed by atoms with Crippen LogP contribution in [0.1, 0.15) is 50.8 Å². The molecule has 0 saturated heterocycles. The summed E-state index contributed by atoms with van der Waals surface area (Å²) in [4.78, 5) is 4.90. The van der Waals surface area contributed by atoms with Crippen molar-refractivity contribution in [1.29, 1.82) is 0 Å². The lowest BCUT2D eigenvalue weighted by Gasteiger charge is -2.32. The van der Waals surface area contributed by atoms with Gasteiger partial charge in [-0.05, 0) is 62.7 Å². The summed E-state index contributed by atoms with van der Waals surface area (Å²) in [5, 5.41) is 10.8. The fourth-order valence-electron chi connectivity index (χ4n) is 3.56. The molecule has 0 aliphatic carbocycles. The van der Waals surface area contributed by atoms with Gasteiger partial charge in [0.05, 0.1) is 6.10 Å². The van der Waals surface area contributed by atoms with Crippen molar-refractivity contribution in [2.45, 2.75) is 52.3 Å². The quantitative estimate of drug-likeness (QED) is 0.466. The van der Waals surface area contributed by atoms with Crippen molar-refractivity contribution in [2.24, 2.45) is 0 Å². The Bertz CT molecular complexity index is 658. The van der Waals surface area contributed by atoms with E-state index < -0.39 is 6.10 Å². The van der Waals surface area contributed by atoms with Gasteiger partial charge in [-0.1, -0.05) is 72.2 Å². The molecule has 0 radical (unpaired) electrons. The number of benzene rings is 2. The van der Waals surface area contributed by atoms with Gasteiger partial charge in [0.15, 0.2) is 0 Å². The SMILES string of the molecule is CCN(CC)CCC[C@H](C)N(Cc1ccccc1)C[C@H](O)c1ccc(Br)cc1. The first-order valence-corrected chi connectivity index (χ1v) is 11.3. The van der Waals surface area contributed by atoms with Crippen LogP contribution in [0.5, 0.6) is 0 Å². The molecule has 1 N–H and O–H groups in total. The van der Waals surface area contributed by atoms with Crippen LogP contribution < -0.4 is 0 Å². The molecule has 2 atom stereocenters. The minimum Gasteiger partial charge on any atom is -0.387 e. The second-order valence-corrected chi connectivity index (χ2v) is 8.42. The highest BCUT2D eigenvalue weighted by atomic mass is 79.9. The van der Waals surface area contributed by atoms with E-state index in [2.05, 4.69) is 76.8 Å². The Morgan fingerprint density at radius 3 is 2.21 bits per heavy atom. The summed E-state index contributed by atoms with van der Waals surface area (Å²) in [6.07, 6.45) is 1.83. The van der Waals surface area contributed by atoms with E-state index in [0.717, 1.165) is 42.6 Å². The lowest BCUT2D eigenvalue weighted by molar-refractivity contribution is 0.0816. The van der Waals surface area contributed by atoms with Crippen molar-refractivity contribution in [3.8, 4) is 0 Å². The highest BCUT2D eigenvalue weighted by Gasteiger charge is 2.19. The first-order valence-electron chi connectivity index (χ1n) is 10.5. The van der Waals surface area contributed by atoms with Gasteiger partial charge in [0.25, 0.3) is 0 Å². The number of hydrogen-bond acceptors (Lipinski definition) is 3. The van der Waals surface area contributed by atoms with E-state index >= 15 is 0 Å². The van der Waals surface area contributed by atoms with Gasteiger partial charge >= 0.3 is 0 Å². The Morgan fingerprint density at radius 1 is 0.964 bits per heavy atom. The molecule has 154 valence electrons. The van der Waals surface area contributed by atoms with Gasteiger partial charge in [-0.3, -0.25) is 4.90 Å². The molecule has 0 aliphatic heterocycles. The van der Waals surface area contributed by atoms with Crippen LogP contribution in [0.3, 0.4) is 0 Å². The molecular formula is C24H35BrN2O. The second kappa shape index (κ2) is 12.4. The Balaban J connectivity index is 2.02. The maximum absolute atomic E-state index is 10.8. The first kappa shape index (κ1) is 23.1. The van der Waals surface area contributed by atoms with Crippen molar-refractivity contribution in [1.82, 2.24) is 9.80 Å². The molecule has 0 spiro atoms. The molecule has 0 aromatic heterocycles. The third-order valence-corrected chi connectivity index (χ3v) is 6.03. The predicted octanol–water partition coefficient (Wildman–Crippen LogP) is 5.50. The maximum atomic E-state index is 10.8. The molecule has 2 rings (SSSR count). The number of halogens is 1. The lowest BCUT2D eigenvalue weighted by atomic mass is 10.1. The predicted molar refractivity (Wildman–Crippen MR) is 122 cm³/mol. The Kier molecular flexibility index (Phi) is 10.2. The van der Waals surface area contributed by atoms with Crippen molar-refractivity contribution in [3.63, 3.8) is 0 Å². The average Bonchev–Trinajstić information content (AvgIpc) is 2.71. The summed E-state index contributed by atoms with van der Waals surface area (Å²) in [6.45, 7) is 11.6. The van der Waals surface area contributed by atoms with Gasteiger partial charge in [0.1, 0.15) is 0 Å².